The number of fused-ring (bicyclic) bond motifs is 1. The minimum Gasteiger partial charge on any atom is -0.508 e. The van der Waals surface area contributed by atoms with Gasteiger partial charge in [-0.15, -0.1) is 0 Å². The molecule has 1 aromatic heterocycles. The highest BCUT2D eigenvalue weighted by molar-refractivity contribution is 5.94. The molecule has 2 heterocycles. The van der Waals surface area contributed by atoms with Gasteiger partial charge in [0.25, 0.3) is 5.91 Å². The normalized spacial score (nSPS) is 15.1. The molecule has 5 heteroatoms. The molecule has 144 valence electrons. The van der Waals surface area contributed by atoms with Crippen LogP contribution in [0.1, 0.15) is 46.0 Å². The predicted octanol–water partition coefficient (Wildman–Crippen LogP) is 4.14. The molecule has 0 bridgehead atoms. The van der Waals surface area contributed by atoms with Crippen LogP contribution in [-0.4, -0.2) is 29.0 Å². The number of nitrogens with zero attached hydrogens (tertiary/aromatic N) is 1. The number of carbonyl (C=O) groups excluding carboxylic acids is 1. The van der Waals surface area contributed by atoms with Gasteiger partial charge in [0, 0.05) is 35.7 Å². The van der Waals surface area contributed by atoms with Crippen molar-refractivity contribution in [3.63, 3.8) is 0 Å². The highest BCUT2D eigenvalue weighted by Crippen LogP contribution is 2.33. The maximum Gasteiger partial charge on any atom is 0.253 e. The number of phenols is 1. The Morgan fingerprint density at radius 2 is 1.71 bits per heavy atom. The number of carbonyl (C=O) groups is 1. The number of piperidine rings is 1. The van der Waals surface area contributed by atoms with Gasteiger partial charge in [-0.1, -0.05) is 18.2 Å². The standard InChI is InChI=1S/C23H23NO4/c1-14-19(25)9-8-18-20(26)15(2)21(28-22(14)18)16-10-12-24(13-11-16)23(27)17-6-4-3-5-7-17/h3-9,16,25H,10-13H2,1-2H3. The number of aromatic hydroxyl groups is 1. The zero-order chi connectivity index (χ0) is 19.8. The van der Waals surface area contributed by atoms with Gasteiger partial charge in [-0.25, -0.2) is 0 Å². The first-order valence-corrected chi connectivity index (χ1v) is 9.57. The van der Waals surface area contributed by atoms with Crippen LogP contribution >= 0.6 is 0 Å². The highest BCUT2D eigenvalue weighted by atomic mass is 16.3. The first-order chi connectivity index (χ1) is 13.5. The van der Waals surface area contributed by atoms with Gasteiger partial charge in [0.15, 0.2) is 5.43 Å². The second-order valence-electron chi connectivity index (χ2n) is 7.44. The van der Waals surface area contributed by atoms with Gasteiger partial charge in [0.1, 0.15) is 17.1 Å². The Hall–Kier alpha value is -3.08. The van der Waals surface area contributed by atoms with Gasteiger partial charge in [0.2, 0.25) is 0 Å². The molecule has 3 aromatic rings. The first-order valence-electron chi connectivity index (χ1n) is 9.57. The van der Waals surface area contributed by atoms with Crippen molar-refractivity contribution in [2.24, 2.45) is 0 Å². The summed E-state index contributed by atoms with van der Waals surface area (Å²) in [5.41, 5.74) is 2.29. The molecule has 1 amide bonds. The Bertz CT molecular complexity index is 1090. The zero-order valence-corrected chi connectivity index (χ0v) is 16.1. The fourth-order valence-electron chi connectivity index (χ4n) is 3.99. The molecule has 1 saturated heterocycles. The fourth-order valence-corrected chi connectivity index (χ4v) is 3.99. The van der Waals surface area contributed by atoms with E-state index in [4.69, 9.17) is 4.42 Å². The van der Waals surface area contributed by atoms with Crippen LogP contribution in [0.3, 0.4) is 0 Å². The average Bonchev–Trinajstić information content (AvgIpc) is 2.73. The summed E-state index contributed by atoms with van der Waals surface area (Å²) in [4.78, 5) is 27.3. The van der Waals surface area contributed by atoms with E-state index in [0.717, 1.165) is 12.8 Å². The smallest absolute Gasteiger partial charge is 0.253 e. The lowest BCUT2D eigenvalue weighted by molar-refractivity contribution is 0.0707. The summed E-state index contributed by atoms with van der Waals surface area (Å²) in [6.07, 6.45) is 1.48. The molecule has 0 spiro atoms. The minimum atomic E-state index is -0.0536. The third kappa shape index (κ3) is 3.07. The molecule has 0 radical (unpaired) electrons. The van der Waals surface area contributed by atoms with Crippen LogP contribution < -0.4 is 5.43 Å². The maximum absolute atomic E-state index is 12.8. The Morgan fingerprint density at radius 3 is 2.39 bits per heavy atom. The molecule has 0 atom stereocenters. The van der Waals surface area contributed by atoms with Crippen molar-refractivity contribution in [2.75, 3.05) is 13.1 Å². The third-order valence-corrected chi connectivity index (χ3v) is 5.72. The third-order valence-electron chi connectivity index (χ3n) is 5.72. The number of likely N-dealkylation sites (tertiary alicyclic amines) is 1. The number of benzene rings is 2. The van der Waals surface area contributed by atoms with Gasteiger partial charge >= 0.3 is 0 Å². The molecule has 5 nitrogen and oxygen atoms in total. The summed E-state index contributed by atoms with van der Waals surface area (Å²) in [5, 5.41) is 10.5. The molecule has 2 aromatic carbocycles. The molecule has 1 aliphatic rings. The van der Waals surface area contributed by atoms with E-state index in [1.165, 1.54) is 6.07 Å². The van der Waals surface area contributed by atoms with E-state index in [0.29, 0.717) is 46.5 Å². The van der Waals surface area contributed by atoms with Crippen LogP contribution in [0.5, 0.6) is 5.75 Å². The molecular weight excluding hydrogens is 354 g/mol. The molecule has 1 aliphatic heterocycles. The van der Waals surface area contributed by atoms with Crippen LogP contribution in [0.4, 0.5) is 0 Å². The molecule has 1 N–H and O–H groups in total. The summed E-state index contributed by atoms with van der Waals surface area (Å²) in [5.74, 6) is 0.918. The largest absolute Gasteiger partial charge is 0.508 e. The highest BCUT2D eigenvalue weighted by Gasteiger charge is 2.28. The number of phenolic OH excluding ortho intramolecular Hbond substituents is 1. The molecule has 0 aliphatic carbocycles. The lowest BCUT2D eigenvalue weighted by Crippen LogP contribution is -2.38. The Morgan fingerprint density at radius 1 is 1.04 bits per heavy atom. The number of aryl methyl sites for hydroxylation is 1. The number of hydrogen-bond acceptors (Lipinski definition) is 4. The van der Waals surface area contributed by atoms with Crippen molar-refractivity contribution in [1.82, 2.24) is 4.90 Å². The summed E-state index contributed by atoms with van der Waals surface area (Å²) in [6, 6.07) is 12.4. The van der Waals surface area contributed by atoms with Gasteiger partial charge in [-0.2, -0.15) is 0 Å². The fraction of sp³-hybridized carbons (Fsp3) is 0.304. The van der Waals surface area contributed by atoms with E-state index in [9.17, 15) is 14.7 Å². The van der Waals surface area contributed by atoms with E-state index >= 15 is 0 Å². The molecule has 0 unspecified atom stereocenters. The number of hydrogen-bond donors (Lipinski definition) is 1. The van der Waals surface area contributed by atoms with Crippen LogP contribution in [-0.2, 0) is 0 Å². The lowest BCUT2D eigenvalue weighted by Gasteiger charge is -2.32. The van der Waals surface area contributed by atoms with E-state index in [-0.39, 0.29) is 23.0 Å². The van der Waals surface area contributed by atoms with Gasteiger partial charge in [0.05, 0.1) is 5.39 Å². The van der Waals surface area contributed by atoms with Crippen LogP contribution in [0.25, 0.3) is 11.0 Å². The SMILES string of the molecule is Cc1c(C2CCN(C(=O)c3ccccc3)CC2)oc2c(C)c(O)ccc2c1=O. The van der Waals surface area contributed by atoms with Crippen LogP contribution in [0.2, 0.25) is 0 Å². The van der Waals surface area contributed by atoms with E-state index in [1.54, 1.807) is 19.9 Å². The van der Waals surface area contributed by atoms with Gasteiger partial charge in [-0.05, 0) is 51.0 Å². The van der Waals surface area contributed by atoms with Gasteiger partial charge < -0.3 is 14.4 Å². The monoisotopic (exact) mass is 377 g/mol. The van der Waals surface area contributed by atoms with E-state index in [1.807, 2.05) is 35.2 Å². The Balaban J connectivity index is 1.60. The van der Waals surface area contributed by atoms with E-state index in [2.05, 4.69) is 0 Å². The van der Waals surface area contributed by atoms with Crippen molar-refractivity contribution in [3.8, 4) is 5.75 Å². The second-order valence-corrected chi connectivity index (χ2v) is 7.44. The molecule has 0 saturated carbocycles. The number of amides is 1. The quantitative estimate of drug-likeness (QED) is 0.729. The van der Waals surface area contributed by atoms with Crippen molar-refractivity contribution in [2.45, 2.75) is 32.6 Å². The molecule has 28 heavy (non-hydrogen) atoms. The van der Waals surface area contributed by atoms with Crippen molar-refractivity contribution in [3.05, 3.63) is 75.1 Å². The van der Waals surface area contributed by atoms with Crippen LogP contribution in [0, 0.1) is 13.8 Å². The summed E-state index contributed by atoms with van der Waals surface area (Å²) in [7, 11) is 0. The lowest BCUT2D eigenvalue weighted by atomic mass is 9.90. The predicted molar refractivity (Wildman–Crippen MR) is 108 cm³/mol. The van der Waals surface area contributed by atoms with Crippen LogP contribution in [0.15, 0.2) is 51.7 Å². The molecular formula is C23H23NO4. The van der Waals surface area contributed by atoms with Crippen molar-refractivity contribution < 1.29 is 14.3 Å². The van der Waals surface area contributed by atoms with Crippen molar-refractivity contribution in [1.29, 1.82) is 0 Å². The Labute approximate surface area is 163 Å². The summed E-state index contributed by atoms with van der Waals surface area (Å²) < 4.78 is 6.14. The van der Waals surface area contributed by atoms with E-state index < -0.39 is 0 Å². The first kappa shape index (κ1) is 18.3. The topological polar surface area (TPSA) is 70.8 Å². The summed E-state index contributed by atoms with van der Waals surface area (Å²) >= 11 is 0. The molecule has 4 rings (SSSR count). The molecule has 1 fully saturated rings. The maximum atomic E-state index is 12.8. The summed E-state index contributed by atoms with van der Waals surface area (Å²) in [6.45, 7) is 4.79. The van der Waals surface area contributed by atoms with Gasteiger partial charge in [-0.3, -0.25) is 9.59 Å². The van der Waals surface area contributed by atoms with Crippen molar-refractivity contribution >= 4 is 16.9 Å². The average molecular weight is 377 g/mol. The zero-order valence-electron chi connectivity index (χ0n) is 16.1. The number of rotatable bonds is 2. The second kappa shape index (κ2) is 7.15. The Kier molecular flexibility index (Phi) is 4.67. The minimum absolute atomic E-state index is 0.0384.